The molecule has 1 aromatic heterocycles. The van der Waals surface area contributed by atoms with Gasteiger partial charge in [0.1, 0.15) is 11.4 Å². The Morgan fingerprint density at radius 2 is 1.81 bits per heavy atom. The Balaban J connectivity index is 2.28. The van der Waals surface area contributed by atoms with Crippen LogP contribution in [0, 0.1) is 20.8 Å². The zero-order valence-electron chi connectivity index (χ0n) is 11.9. The van der Waals surface area contributed by atoms with E-state index in [9.17, 15) is 9.90 Å². The van der Waals surface area contributed by atoms with Crippen LogP contribution in [0.3, 0.4) is 0 Å². The van der Waals surface area contributed by atoms with Crippen LogP contribution in [0.25, 0.3) is 11.3 Å². The zero-order chi connectivity index (χ0) is 15.1. The van der Waals surface area contributed by atoms with E-state index in [4.69, 9.17) is 9.47 Å². The highest BCUT2D eigenvalue weighted by atomic mass is 16.7. The number of nitrogens with zero attached hydrogens (tertiary/aromatic N) is 2. The van der Waals surface area contributed by atoms with Gasteiger partial charge in [-0.1, -0.05) is 0 Å². The Hall–Kier alpha value is -2.63. The molecule has 0 radical (unpaired) electrons. The van der Waals surface area contributed by atoms with Crippen LogP contribution in [-0.4, -0.2) is 27.8 Å². The van der Waals surface area contributed by atoms with Crippen molar-refractivity contribution in [3.05, 3.63) is 34.8 Å². The second-order valence-corrected chi connectivity index (χ2v) is 4.91. The molecule has 0 saturated heterocycles. The Morgan fingerprint density at radius 3 is 2.48 bits per heavy atom. The maximum Gasteiger partial charge on any atom is 0.339 e. The second kappa shape index (κ2) is 4.73. The third kappa shape index (κ3) is 2.18. The zero-order valence-corrected chi connectivity index (χ0v) is 11.9. The lowest BCUT2D eigenvalue weighted by Crippen LogP contribution is -2.09. The molecule has 0 unspecified atom stereocenters. The van der Waals surface area contributed by atoms with Crippen molar-refractivity contribution in [1.29, 1.82) is 0 Å². The van der Waals surface area contributed by atoms with E-state index in [1.54, 1.807) is 19.9 Å². The van der Waals surface area contributed by atoms with Gasteiger partial charge in [-0.25, -0.2) is 14.8 Å². The Bertz CT molecular complexity index is 756. The van der Waals surface area contributed by atoms with Crippen molar-refractivity contribution >= 4 is 5.97 Å². The number of aromatic carboxylic acids is 1. The molecule has 0 fully saturated rings. The second-order valence-electron chi connectivity index (χ2n) is 4.91. The number of rotatable bonds is 2. The Labute approximate surface area is 121 Å². The third-order valence-electron chi connectivity index (χ3n) is 3.39. The monoisotopic (exact) mass is 286 g/mol. The summed E-state index contributed by atoms with van der Waals surface area (Å²) in [6.07, 6.45) is 0. The number of hydrogen-bond acceptors (Lipinski definition) is 5. The number of ether oxygens (including phenoxy) is 2. The number of carbonyl (C=O) groups is 1. The molecule has 1 aliphatic heterocycles. The molecule has 0 bridgehead atoms. The fraction of sp³-hybridized carbons (Fsp3) is 0.267. The topological polar surface area (TPSA) is 81.5 Å². The van der Waals surface area contributed by atoms with Crippen molar-refractivity contribution < 1.29 is 19.4 Å². The highest BCUT2D eigenvalue weighted by Crippen LogP contribution is 2.39. The van der Waals surface area contributed by atoms with E-state index >= 15 is 0 Å². The lowest BCUT2D eigenvalue weighted by Gasteiger charge is -2.12. The predicted octanol–water partition coefficient (Wildman–Crippen LogP) is 2.50. The average molecular weight is 286 g/mol. The average Bonchev–Trinajstić information content (AvgIpc) is 2.83. The first-order valence-corrected chi connectivity index (χ1v) is 6.46. The van der Waals surface area contributed by atoms with Gasteiger partial charge in [0.05, 0.1) is 11.4 Å². The van der Waals surface area contributed by atoms with E-state index in [-0.39, 0.29) is 12.4 Å². The molecular weight excluding hydrogens is 272 g/mol. The quantitative estimate of drug-likeness (QED) is 0.913. The summed E-state index contributed by atoms with van der Waals surface area (Å²) in [5.74, 6) is 0.751. The molecule has 6 nitrogen and oxygen atoms in total. The molecule has 2 heterocycles. The van der Waals surface area contributed by atoms with Crippen LogP contribution in [0.4, 0.5) is 0 Å². The van der Waals surface area contributed by atoms with E-state index < -0.39 is 5.97 Å². The van der Waals surface area contributed by atoms with Gasteiger partial charge in [0.25, 0.3) is 0 Å². The lowest BCUT2D eigenvalue weighted by molar-refractivity contribution is 0.0696. The molecule has 1 aliphatic rings. The van der Waals surface area contributed by atoms with Crippen molar-refractivity contribution in [3.63, 3.8) is 0 Å². The standard InChI is InChI=1S/C15H14N2O4/c1-7-4-11-12(21-6-20-11)5-10(7)14-13(15(18)19)8(2)16-9(3)17-14/h4-5H,6H2,1-3H3,(H,18,19). The molecule has 0 saturated carbocycles. The summed E-state index contributed by atoms with van der Waals surface area (Å²) in [6.45, 7) is 5.47. The smallest absolute Gasteiger partial charge is 0.339 e. The van der Waals surface area contributed by atoms with Crippen LogP contribution in [-0.2, 0) is 0 Å². The van der Waals surface area contributed by atoms with E-state index in [2.05, 4.69) is 9.97 Å². The van der Waals surface area contributed by atoms with Gasteiger partial charge in [-0.15, -0.1) is 0 Å². The summed E-state index contributed by atoms with van der Waals surface area (Å²) in [5, 5.41) is 9.45. The van der Waals surface area contributed by atoms with Crippen LogP contribution in [0.2, 0.25) is 0 Å². The van der Waals surface area contributed by atoms with E-state index in [0.717, 1.165) is 5.56 Å². The summed E-state index contributed by atoms with van der Waals surface area (Å²) in [6, 6.07) is 3.60. The highest BCUT2D eigenvalue weighted by Gasteiger charge is 2.23. The maximum absolute atomic E-state index is 11.5. The fourth-order valence-corrected chi connectivity index (χ4v) is 2.46. The van der Waals surface area contributed by atoms with E-state index in [1.807, 2.05) is 13.0 Å². The van der Waals surface area contributed by atoms with Crippen LogP contribution in [0.15, 0.2) is 12.1 Å². The first-order valence-electron chi connectivity index (χ1n) is 6.46. The van der Waals surface area contributed by atoms with Gasteiger partial charge in [0.15, 0.2) is 11.5 Å². The van der Waals surface area contributed by atoms with Crippen LogP contribution in [0.5, 0.6) is 11.5 Å². The summed E-state index contributed by atoms with van der Waals surface area (Å²) >= 11 is 0. The van der Waals surface area contributed by atoms with Gasteiger partial charge >= 0.3 is 5.97 Å². The van der Waals surface area contributed by atoms with Gasteiger partial charge in [-0.3, -0.25) is 0 Å². The number of carboxylic acids is 1. The van der Waals surface area contributed by atoms with Crippen LogP contribution < -0.4 is 9.47 Å². The molecule has 21 heavy (non-hydrogen) atoms. The van der Waals surface area contributed by atoms with E-state index in [0.29, 0.717) is 34.3 Å². The fourth-order valence-electron chi connectivity index (χ4n) is 2.46. The van der Waals surface area contributed by atoms with Crippen molar-refractivity contribution in [2.24, 2.45) is 0 Å². The number of aryl methyl sites for hydroxylation is 3. The molecular formula is C15H14N2O4. The Kier molecular flexibility index (Phi) is 3.01. The molecule has 0 spiro atoms. The van der Waals surface area contributed by atoms with Crippen molar-refractivity contribution in [2.45, 2.75) is 20.8 Å². The minimum atomic E-state index is -1.04. The third-order valence-corrected chi connectivity index (χ3v) is 3.39. The number of aromatic nitrogens is 2. The SMILES string of the molecule is Cc1nc(C)c(C(=O)O)c(-c2cc3c(cc2C)OCO3)n1. The minimum Gasteiger partial charge on any atom is -0.478 e. The number of hydrogen-bond donors (Lipinski definition) is 1. The normalized spacial score (nSPS) is 12.5. The summed E-state index contributed by atoms with van der Waals surface area (Å²) in [7, 11) is 0. The van der Waals surface area contributed by atoms with Crippen LogP contribution in [0.1, 0.15) is 27.4 Å². The molecule has 3 rings (SSSR count). The summed E-state index contributed by atoms with van der Waals surface area (Å²) in [4.78, 5) is 20.0. The first-order chi connectivity index (χ1) is 9.97. The molecule has 1 N–H and O–H groups in total. The minimum absolute atomic E-state index is 0.113. The molecule has 0 aliphatic carbocycles. The molecule has 0 amide bonds. The molecule has 0 atom stereocenters. The number of carboxylic acid groups (broad SMARTS) is 1. The number of benzene rings is 1. The molecule has 1 aromatic carbocycles. The largest absolute Gasteiger partial charge is 0.478 e. The maximum atomic E-state index is 11.5. The van der Waals surface area contributed by atoms with Gasteiger partial charge in [0, 0.05) is 5.56 Å². The lowest BCUT2D eigenvalue weighted by atomic mass is 9.99. The van der Waals surface area contributed by atoms with E-state index in [1.165, 1.54) is 0 Å². The van der Waals surface area contributed by atoms with Gasteiger partial charge in [-0.2, -0.15) is 0 Å². The molecule has 108 valence electrons. The Morgan fingerprint density at radius 1 is 1.14 bits per heavy atom. The number of fused-ring (bicyclic) bond motifs is 1. The van der Waals surface area contributed by atoms with Gasteiger partial charge in [0.2, 0.25) is 6.79 Å². The van der Waals surface area contributed by atoms with Crippen LogP contribution >= 0.6 is 0 Å². The predicted molar refractivity (Wildman–Crippen MR) is 74.8 cm³/mol. The molecule has 6 heteroatoms. The van der Waals surface area contributed by atoms with Crippen molar-refractivity contribution in [3.8, 4) is 22.8 Å². The first kappa shape index (κ1) is 13.4. The van der Waals surface area contributed by atoms with Gasteiger partial charge < -0.3 is 14.6 Å². The molecule has 2 aromatic rings. The highest BCUT2D eigenvalue weighted by molar-refractivity contribution is 5.96. The van der Waals surface area contributed by atoms with Crippen molar-refractivity contribution in [1.82, 2.24) is 9.97 Å². The summed E-state index contributed by atoms with van der Waals surface area (Å²) < 4.78 is 10.7. The van der Waals surface area contributed by atoms with Crippen molar-refractivity contribution in [2.75, 3.05) is 6.79 Å². The van der Waals surface area contributed by atoms with Gasteiger partial charge in [-0.05, 0) is 38.5 Å². The summed E-state index contributed by atoms with van der Waals surface area (Å²) in [5.41, 5.74) is 2.55.